The molecule has 1 amide bonds. The summed E-state index contributed by atoms with van der Waals surface area (Å²) in [6.07, 6.45) is 4.95. The third kappa shape index (κ3) is 5.21. The van der Waals surface area contributed by atoms with Gasteiger partial charge in [-0.15, -0.1) is 0 Å². The first kappa shape index (κ1) is 20.1. The largest absolute Gasteiger partial charge is 0.495 e. The summed E-state index contributed by atoms with van der Waals surface area (Å²) < 4.78 is 38.0. The number of hydrogen-bond donors (Lipinski definition) is 1. The van der Waals surface area contributed by atoms with Crippen molar-refractivity contribution in [1.82, 2.24) is 9.62 Å². The Kier molecular flexibility index (Phi) is 6.73. The number of rotatable bonds is 10. The first-order valence-electron chi connectivity index (χ1n) is 9.56. The number of nitrogens with zero attached hydrogens (tertiary/aromatic N) is 1. The highest BCUT2D eigenvalue weighted by molar-refractivity contribution is 7.89. The van der Waals surface area contributed by atoms with E-state index >= 15 is 0 Å². The summed E-state index contributed by atoms with van der Waals surface area (Å²) in [5, 5.41) is 2.82. The van der Waals surface area contributed by atoms with Crippen LogP contribution >= 0.6 is 0 Å². The Hall–Kier alpha value is -1.64. The van der Waals surface area contributed by atoms with Crippen molar-refractivity contribution in [3.8, 4) is 5.75 Å². The average Bonchev–Trinajstić information content (AvgIpc) is 3.32. The van der Waals surface area contributed by atoms with Crippen LogP contribution in [-0.2, 0) is 14.8 Å². The molecule has 0 bridgehead atoms. The van der Waals surface area contributed by atoms with Crippen LogP contribution in [0.15, 0.2) is 23.1 Å². The van der Waals surface area contributed by atoms with Gasteiger partial charge in [0.25, 0.3) is 5.91 Å². The summed E-state index contributed by atoms with van der Waals surface area (Å²) in [4.78, 5) is 12.4. The monoisotopic (exact) mass is 396 g/mol. The zero-order valence-electron chi connectivity index (χ0n) is 15.8. The van der Waals surface area contributed by atoms with Crippen LogP contribution < -0.4 is 10.1 Å². The van der Waals surface area contributed by atoms with E-state index in [-0.39, 0.29) is 16.6 Å². The summed E-state index contributed by atoms with van der Waals surface area (Å²) in [5.74, 6) is 0.694. The molecule has 0 atom stereocenters. The minimum absolute atomic E-state index is 0.0484. The molecule has 27 heavy (non-hydrogen) atoms. The van der Waals surface area contributed by atoms with Gasteiger partial charge in [0.15, 0.2) is 0 Å². The maximum Gasteiger partial charge on any atom is 0.251 e. The van der Waals surface area contributed by atoms with Gasteiger partial charge in [0.1, 0.15) is 10.6 Å². The highest BCUT2D eigenvalue weighted by Crippen LogP contribution is 2.30. The molecule has 0 aromatic heterocycles. The molecule has 7 nitrogen and oxygen atoms in total. The first-order chi connectivity index (χ1) is 13.0. The van der Waals surface area contributed by atoms with Crippen molar-refractivity contribution in [3.63, 3.8) is 0 Å². The van der Waals surface area contributed by atoms with Crippen molar-refractivity contribution in [3.05, 3.63) is 23.8 Å². The second-order valence-corrected chi connectivity index (χ2v) is 9.01. The lowest BCUT2D eigenvalue weighted by atomic mass is 10.2. The molecule has 0 unspecified atom stereocenters. The number of amides is 1. The lowest BCUT2D eigenvalue weighted by molar-refractivity contribution is 0.0937. The van der Waals surface area contributed by atoms with Gasteiger partial charge in [0, 0.05) is 38.4 Å². The van der Waals surface area contributed by atoms with Crippen molar-refractivity contribution in [1.29, 1.82) is 0 Å². The predicted molar refractivity (Wildman–Crippen MR) is 101 cm³/mol. The van der Waals surface area contributed by atoms with Gasteiger partial charge in [-0.05, 0) is 56.2 Å². The average molecular weight is 397 g/mol. The van der Waals surface area contributed by atoms with Crippen LogP contribution in [0.25, 0.3) is 0 Å². The van der Waals surface area contributed by atoms with Gasteiger partial charge in [-0.3, -0.25) is 4.79 Å². The minimum Gasteiger partial charge on any atom is -0.495 e. The number of sulfonamides is 1. The molecule has 1 aliphatic heterocycles. The van der Waals surface area contributed by atoms with Gasteiger partial charge in [-0.25, -0.2) is 8.42 Å². The standard InChI is InChI=1S/C19H28N2O5S/c1-25-17-8-7-16(13-18(17)27(23,24)21-10-2-3-11-21)19(22)20-9-4-12-26-14-15-5-6-15/h7-8,13,15H,2-6,9-12,14H2,1H3,(H,20,22). The molecule has 1 aliphatic carbocycles. The van der Waals surface area contributed by atoms with Gasteiger partial charge in [-0.2, -0.15) is 4.31 Å². The van der Waals surface area contributed by atoms with Crippen molar-refractivity contribution < 1.29 is 22.7 Å². The number of hydrogen-bond acceptors (Lipinski definition) is 5. The molecule has 1 saturated heterocycles. The van der Waals surface area contributed by atoms with Crippen molar-refractivity contribution >= 4 is 15.9 Å². The second kappa shape index (κ2) is 9.03. The van der Waals surface area contributed by atoms with Crippen LogP contribution in [0, 0.1) is 5.92 Å². The number of methoxy groups -OCH3 is 1. The third-order valence-electron chi connectivity index (χ3n) is 4.91. The SMILES string of the molecule is COc1ccc(C(=O)NCCCOCC2CC2)cc1S(=O)(=O)N1CCCC1. The van der Waals surface area contributed by atoms with E-state index in [1.54, 1.807) is 6.07 Å². The Morgan fingerprint density at radius 1 is 1.26 bits per heavy atom. The van der Waals surface area contributed by atoms with Gasteiger partial charge >= 0.3 is 0 Å². The number of ether oxygens (including phenoxy) is 2. The van der Waals surface area contributed by atoms with Gasteiger partial charge < -0.3 is 14.8 Å². The molecule has 1 aromatic rings. The Morgan fingerprint density at radius 2 is 2.00 bits per heavy atom. The summed E-state index contributed by atoms with van der Waals surface area (Å²) >= 11 is 0. The fourth-order valence-corrected chi connectivity index (χ4v) is 4.80. The van der Waals surface area contributed by atoms with E-state index in [9.17, 15) is 13.2 Å². The van der Waals surface area contributed by atoms with Crippen LogP contribution in [0.5, 0.6) is 5.75 Å². The van der Waals surface area contributed by atoms with Crippen LogP contribution in [0.3, 0.4) is 0 Å². The van der Waals surface area contributed by atoms with Crippen molar-refractivity contribution in [2.24, 2.45) is 5.92 Å². The van der Waals surface area contributed by atoms with Crippen molar-refractivity contribution in [2.45, 2.75) is 37.0 Å². The van der Waals surface area contributed by atoms with E-state index in [0.29, 0.717) is 31.8 Å². The quantitative estimate of drug-likeness (QED) is 0.612. The molecule has 8 heteroatoms. The third-order valence-corrected chi connectivity index (χ3v) is 6.83. The summed E-state index contributed by atoms with van der Waals surface area (Å²) in [7, 11) is -2.23. The summed E-state index contributed by atoms with van der Waals surface area (Å²) in [5.41, 5.74) is 0.312. The molecule has 0 spiro atoms. The fourth-order valence-electron chi connectivity index (χ4n) is 3.10. The topological polar surface area (TPSA) is 84.9 Å². The van der Waals surface area contributed by atoms with Crippen LogP contribution in [0.1, 0.15) is 42.5 Å². The molecule has 2 fully saturated rings. The summed E-state index contributed by atoms with van der Waals surface area (Å²) in [6, 6.07) is 4.53. The number of nitrogens with one attached hydrogen (secondary N) is 1. The highest BCUT2D eigenvalue weighted by Gasteiger charge is 2.30. The van der Waals surface area contributed by atoms with E-state index in [1.165, 1.54) is 36.4 Å². The molecule has 1 aromatic carbocycles. The number of carbonyl (C=O) groups excluding carboxylic acids is 1. The van der Waals surface area contributed by atoms with Gasteiger partial charge in [-0.1, -0.05) is 0 Å². The normalized spacial score (nSPS) is 17.8. The molecule has 1 saturated carbocycles. The van der Waals surface area contributed by atoms with Gasteiger partial charge in [0.05, 0.1) is 7.11 Å². The van der Waals surface area contributed by atoms with Crippen molar-refractivity contribution in [2.75, 3.05) is 40.0 Å². The van der Waals surface area contributed by atoms with E-state index < -0.39 is 10.0 Å². The number of benzene rings is 1. The maximum atomic E-state index is 12.9. The molecule has 150 valence electrons. The van der Waals surface area contributed by atoms with E-state index in [1.807, 2.05) is 0 Å². The van der Waals surface area contributed by atoms with Crippen LogP contribution in [-0.4, -0.2) is 58.6 Å². The lowest BCUT2D eigenvalue weighted by Gasteiger charge is -2.18. The highest BCUT2D eigenvalue weighted by atomic mass is 32.2. The van der Waals surface area contributed by atoms with Crippen LogP contribution in [0.2, 0.25) is 0 Å². The predicted octanol–water partition coefficient (Wildman–Crippen LogP) is 2.03. The molecule has 0 radical (unpaired) electrons. The zero-order valence-corrected chi connectivity index (χ0v) is 16.6. The Morgan fingerprint density at radius 3 is 2.67 bits per heavy atom. The second-order valence-electron chi connectivity index (χ2n) is 7.10. The minimum atomic E-state index is -3.66. The fraction of sp³-hybridized carbons (Fsp3) is 0.632. The van der Waals surface area contributed by atoms with E-state index in [2.05, 4.69) is 5.32 Å². The molecular formula is C19H28N2O5S. The lowest BCUT2D eigenvalue weighted by Crippen LogP contribution is -2.29. The Balaban J connectivity index is 1.60. The summed E-state index contributed by atoms with van der Waals surface area (Å²) in [6.45, 7) is 2.92. The maximum absolute atomic E-state index is 12.9. The zero-order chi connectivity index (χ0) is 19.3. The Labute approximate surface area is 161 Å². The number of carbonyl (C=O) groups is 1. The molecular weight excluding hydrogens is 368 g/mol. The van der Waals surface area contributed by atoms with Crippen LogP contribution in [0.4, 0.5) is 0 Å². The van der Waals surface area contributed by atoms with E-state index in [4.69, 9.17) is 9.47 Å². The molecule has 1 heterocycles. The molecule has 1 N–H and O–H groups in total. The molecule has 2 aliphatic rings. The van der Waals surface area contributed by atoms with Gasteiger partial charge in [0.2, 0.25) is 10.0 Å². The Bertz CT molecular complexity index is 755. The molecule has 3 rings (SSSR count). The smallest absolute Gasteiger partial charge is 0.251 e. The van der Waals surface area contributed by atoms with E-state index in [0.717, 1.165) is 31.8 Å². The first-order valence-corrected chi connectivity index (χ1v) is 11.0.